The Morgan fingerprint density at radius 2 is 2.36 bits per heavy atom. The van der Waals surface area contributed by atoms with Crippen molar-refractivity contribution in [2.24, 2.45) is 5.73 Å². The van der Waals surface area contributed by atoms with Gasteiger partial charge in [0, 0.05) is 12.5 Å². The summed E-state index contributed by atoms with van der Waals surface area (Å²) in [4.78, 5) is 0. The van der Waals surface area contributed by atoms with Gasteiger partial charge in [-0.05, 0) is 34.7 Å². The van der Waals surface area contributed by atoms with Crippen molar-refractivity contribution >= 4 is 22.6 Å². The predicted molar refractivity (Wildman–Crippen MR) is 62.8 cm³/mol. The maximum Gasteiger partial charge on any atom is 0.141 e. The van der Waals surface area contributed by atoms with E-state index in [1.54, 1.807) is 7.11 Å². The molecule has 1 aliphatic heterocycles. The Morgan fingerprint density at radius 1 is 1.57 bits per heavy atom. The van der Waals surface area contributed by atoms with Gasteiger partial charge in [0.2, 0.25) is 0 Å². The monoisotopic (exact) mass is 305 g/mol. The van der Waals surface area contributed by atoms with Crippen LogP contribution in [0.1, 0.15) is 18.0 Å². The average Bonchev–Trinajstić information content (AvgIpc) is 2.20. The molecule has 0 saturated heterocycles. The molecule has 0 aromatic heterocycles. The molecule has 3 nitrogen and oxygen atoms in total. The van der Waals surface area contributed by atoms with Gasteiger partial charge in [-0.25, -0.2) is 0 Å². The molecule has 1 aromatic carbocycles. The minimum Gasteiger partial charge on any atom is -0.496 e. The molecule has 1 aliphatic rings. The van der Waals surface area contributed by atoms with Gasteiger partial charge in [-0.2, -0.15) is 0 Å². The number of rotatable bonds is 1. The van der Waals surface area contributed by atoms with Crippen molar-refractivity contribution in [3.05, 3.63) is 21.3 Å². The summed E-state index contributed by atoms with van der Waals surface area (Å²) in [5.74, 6) is 1.72. The number of halogens is 1. The minimum atomic E-state index is 0.0309. The van der Waals surface area contributed by atoms with Gasteiger partial charge in [-0.15, -0.1) is 0 Å². The molecule has 2 N–H and O–H groups in total. The molecule has 0 radical (unpaired) electrons. The lowest BCUT2D eigenvalue weighted by Gasteiger charge is -2.25. The Labute approximate surface area is 96.7 Å². The number of nitrogens with two attached hydrogens (primary N) is 1. The van der Waals surface area contributed by atoms with Crippen molar-refractivity contribution in [1.29, 1.82) is 0 Å². The van der Waals surface area contributed by atoms with E-state index in [1.165, 1.54) is 0 Å². The molecule has 0 bridgehead atoms. The number of ether oxygens (including phenoxy) is 2. The zero-order valence-corrected chi connectivity index (χ0v) is 10.1. The molecule has 0 aliphatic carbocycles. The number of hydrogen-bond donors (Lipinski definition) is 1. The Bertz CT molecular complexity index is 354. The summed E-state index contributed by atoms with van der Waals surface area (Å²) in [5.41, 5.74) is 7.03. The van der Waals surface area contributed by atoms with Gasteiger partial charge < -0.3 is 15.2 Å². The van der Waals surface area contributed by atoms with Crippen LogP contribution < -0.4 is 15.2 Å². The van der Waals surface area contributed by atoms with E-state index < -0.39 is 0 Å². The summed E-state index contributed by atoms with van der Waals surface area (Å²) >= 11 is 2.25. The maximum atomic E-state index is 6.03. The van der Waals surface area contributed by atoms with Crippen LogP contribution in [0.4, 0.5) is 0 Å². The molecule has 1 aromatic rings. The molecular formula is C10H12INO2. The normalized spacial score (nSPS) is 19.8. The minimum absolute atomic E-state index is 0.0309. The van der Waals surface area contributed by atoms with Gasteiger partial charge in [0.1, 0.15) is 11.5 Å². The van der Waals surface area contributed by atoms with E-state index in [-0.39, 0.29) is 6.04 Å². The predicted octanol–water partition coefficient (Wildman–Crippen LogP) is 2.08. The Balaban J connectivity index is 2.58. The highest BCUT2D eigenvalue weighted by Crippen LogP contribution is 2.40. The molecule has 76 valence electrons. The van der Waals surface area contributed by atoms with Gasteiger partial charge in [0.15, 0.2) is 0 Å². The molecule has 0 spiro atoms. The first-order valence-corrected chi connectivity index (χ1v) is 5.56. The number of benzene rings is 1. The second kappa shape index (κ2) is 3.94. The lowest BCUT2D eigenvalue weighted by Crippen LogP contribution is -2.22. The second-order valence-corrected chi connectivity index (χ2v) is 4.40. The molecule has 0 saturated carbocycles. The third-order valence-corrected chi connectivity index (χ3v) is 3.22. The van der Waals surface area contributed by atoms with E-state index >= 15 is 0 Å². The van der Waals surface area contributed by atoms with Crippen LogP contribution in [0.25, 0.3) is 0 Å². The van der Waals surface area contributed by atoms with Crippen molar-refractivity contribution in [2.45, 2.75) is 12.5 Å². The van der Waals surface area contributed by atoms with Crippen LogP contribution in [0, 0.1) is 3.57 Å². The van der Waals surface area contributed by atoms with Crippen LogP contribution in [-0.4, -0.2) is 13.7 Å². The number of methoxy groups -OCH3 is 1. The number of fused-ring (bicyclic) bond motifs is 1. The van der Waals surface area contributed by atoms with Crippen molar-refractivity contribution in [1.82, 2.24) is 0 Å². The zero-order valence-electron chi connectivity index (χ0n) is 7.92. The Hall–Kier alpha value is -0.490. The van der Waals surface area contributed by atoms with Crippen molar-refractivity contribution in [2.75, 3.05) is 13.7 Å². The van der Waals surface area contributed by atoms with E-state index in [1.807, 2.05) is 12.1 Å². The highest BCUT2D eigenvalue weighted by atomic mass is 127. The summed E-state index contributed by atoms with van der Waals surface area (Å²) in [5, 5.41) is 0. The van der Waals surface area contributed by atoms with Gasteiger partial charge in [0.05, 0.1) is 22.9 Å². The summed E-state index contributed by atoms with van der Waals surface area (Å²) in [6.07, 6.45) is 0.851. The SMILES string of the molecule is COc1ccc(I)c2c1[C@H](N)CCO2. The van der Waals surface area contributed by atoms with Crippen LogP contribution in [0.5, 0.6) is 11.5 Å². The van der Waals surface area contributed by atoms with Crippen LogP contribution in [0.2, 0.25) is 0 Å². The summed E-state index contributed by atoms with van der Waals surface area (Å²) in [6.45, 7) is 0.692. The van der Waals surface area contributed by atoms with E-state index in [2.05, 4.69) is 22.6 Å². The van der Waals surface area contributed by atoms with Crippen LogP contribution in [0.3, 0.4) is 0 Å². The zero-order chi connectivity index (χ0) is 10.1. The lowest BCUT2D eigenvalue weighted by molar-refractivity contribution is 0.260. The van der Waals surface area contributed by atoms with Crippen LogP contribution in [0.15, 0.2) is 12.1 Å². The summed E-state index contributed by atoms with van der Waals surface area (Å²) in [6, 6.07) is 3.95. The topological polar surface area (TPSA) is 44.5 Å². The molecule has 1 heterocycles. The quantitative estimate of drug-likeness (QED) is 0.808. The molecule has 14 heavy (non-hydrogen) atoms. The van der Waals surface area contributed by atoms with Gasteiger partial charge >= 0.3 is 0 Å². The van der Waals surface area contributed by atoms with E-state index in [9.17, 15) is 0 Å². The standard InChI is InChI=1S/C10H12INO2/c1-13-8-3-2-6(11)10-9(8)7(12)4-5-14-10/h2-3,7H,4-5,12H2,1H3/t7-/m1/s1. The first kappa shape index (κ1) is 10.0. The molecule has 0 unspecified atom stereocenters. The van der Waals surface area contributed by atoms with E-state index in [0.29, 0.717) is 6.61 Å². The average molecular weight is 305 g/mol. The fraction of sp³-hybridized carbons (Fsp3) is 0.400. The Kier molecular flexibility index (Phi) is 2.83. The number of hydrogen-bond acceptors (Lipinski definition) is 3. The van der Waals surface area contributed by atoms with Crippen molar-refractivity contribution in [3.63, 3.8) is 0 Å². The third-order valence-electron chi connectivity index (χ3n) is 2.37. The smallest absolute Gasteiger partial charge is 0.141 e. The van der Waals surface area contributed by atoms with Crippen LogP contribution >= 0.6 is 22.6 Å². The first-order valence-electron chi connectivity index (χ1n) is 4.49. The lowest BCUT2D eigenvalue weighted by atomic mass is 10.0. The van der Waals surface area contributed by atoms with Crippen molar-refractivity contribution in [3.8, 4) is 11.5 Å². The van der Waals surface area contributed by atoms with Gasteiger partial charge in [-0.1, -0.05) is 0 Å². The molecule has 1 atom stereocenters. The van der Waals surface area contributed by atoms with Gasteiger partial charge in [-0.3, -0.25) is 0 Å². The molecule has 2 rings (SSSR count). The molecule has 4 heteroatoms. The molecule has 0 amide bonds. The molecule has 0 fully saturated rings. The van der Waals surface area contributed by atoms with Gasteiger partial charge in [0.25, 0.3) is 0 Å². The Morgan fingerprint density at radius 3 is 3.07 bits per heavy atom. The highest BCUT2D eigenvalue weighted by molar-refractivity contribution is 14.1. The fourth-order valence-electron chi connectivity index (χ4n) is 1.66. The van der Waals surface area contributed by atoms with Crippen molar-refractivity contribution < 1.29 is 9.47 Å². The van der Waals surface area contributed by atoms with E-state index in [0.717, 1.165) is 27.1 Å². The highest BCUT2D eigenvalue weighted by Gasteiger charge is 2.24. The molecular weight excluding hydrogens is 293 g/mol. The fourth-order valence-corrected chi connectivity index (χ4v) is 2.29. The summed E-state index contributed by atoms with van der Waals surface area (Å²) < 4.78 is 12.0. The maximum absolute atomic E-state index is 6.03. The summed E-state index contributed by atoms with van der Waals surface area (Å²) in [7, 11) is 1.66. The third kappa shape index (κ3) is 1.56. The van der Waals surface area contributed by atoms with E-state index in [4.69, 9.17) is 15.2 Å². The largest absolute Gasteiger partial charge is 0.496 e. The first-order chi connectivity index (χ1) is 6.74. The second-order valence-electron chi connectivity index (χ2n) is 3.24. The van der Waals surface area contributed by atoms with Crippen LogP contribution in [-0.2, 0) is 0 Å².